The van der Waals surface area contributed by atoms with E-state index < -0.39 is 5.54 Å². The minimum Gasteiger partial charge on any atom is -0.325 e. The molecule has 0 aliphatic carbocycles. The average molecular weight is 252 g/mol. The molecule has 0 spiro atoms. The molecular weight excluding hydrogens is 238 g/mol. The summed E-state index contributed by atoms with van der Waals surface area (Å²) in [6.07, 6.45) is 0.171. The van der Waals surface area contributed by atoms with Crippen LogP contribution in [0.1, 0.15) is 25.8 Å². The van der Waals surface area contributed by atoms with Crippen molar-refractivity contribution >= 4 is 23.2 Å². The van der Waals surface area contributed by atoms with Gasteiger partial charge in [-0.2, -0.15) is 5.26 Å². The molecule has 90 valence electrons. The van der Waals surface area contributed by atoms with Crippen LogP contribution in [0.25, 0.3) is 0 Å². The van der Waals surface area contributed by atoms with Crippen molar-refractivity contribution in [3.63, 3.8) is 0 Å². The Hall–Kier alpha value is -1.57. The fourth-order valence-corrected chi connectivity index (χ4v) is 1.50. The van der Waals surface area contributed by atoms with Crippen LogP contribution in [0, 0.1) is 11.3 Å². The van der Waals surface area contributed by atoms with Crippen LogP contribution in [0.15, 0.2) is 18.2 Å². The highest BCUT2D eigenvalue weighted by molar-refractivity contribution is 6.31. The summed E-state index contributed by atoms with van der Waals surface area (Å²) in [6, 6.07) is 6.69. The van der Waals surface area contributed by atoms with Crippen LogP contribution in [-0.2, 0) is 4.79 Å². The number of anilines is 1. The number of rotatable bonds is 3. The molecule has 17 heavy (non-hydrogen) atoms. The molecule has 0 heterocycles. The lowest BCUT2D eigenvalue weighted by molar-refractivity contribution is -0.117. The van der Waals surface area contributed by atoms with E-state index in [1.807, 2.05) is 6.07 Å². The van der Waals surface area contributed by atoms with Crippen molar-refractivity contribution in [2.75, 3.05) is 5.32 Å². The third-order valence-corrected chi connectivity index (χ3v) is 2.23. The Morgan fingerprint density at radius 3 is 2.76 bits per heavy atom. The maximum Gasteiger partial charge on any atom is 0.226 e. The van der Waals surface area contributed by atoms with Crippen molar-refractivity contribution in [1.82, 2.24) is 0 Å². The van der Waals surface area contributed by atoms with Gasteiger partial charge < -0.3 is 11.1 Å². The standard InChI is InChI=1S/C12H14ClN3O/c1-12(2,15)6-11(17)16-10-5-9(13)4-3-8(10)7-14/h3-5H,6,15H2,1-2H3,(H,16,17). The summed E-state index contributed by atoms with van der Waals surface area (Å²) >= 11 is 5.80. The number of hydrogen-bond acceptors (Lipinski definition) is 3. The number of nitrogens with two attached hydrogens (primary N) is 1. The number of nitrogens with one attached hydrogen (secondary N) is 1. The average Bonchev–Trinajstić information content (AvgIpc) is 2.14. The second-order valence-electron chi connectivity index (χ2n) is 4.52. The van der Waals surface area contributed by atoms with E-state index in [-0.39, 0.29) is 12.3 Å². The lowest BCUT2D eigenvalue weighted by Crippen LogP contribution is -2.36. The van der Waals surface area contributed by atoms with Gasteiger partial charge >= 0.3 is 0 Å². The van der Waals surface area contributed by atoms with Crippen LogP contribution in [0.2, 0.25) is 5.02 Å². The minimum absolute atomic E-state index is 0.171. The van der Waals surface area contributed by atoms with Gasteiger partial charge in [-0.15, -0.1) is 0 Å². The van der Waals surface area contributed by atoms with E-state index in [4.69, 9.17) is 22.6 Å². The lowest BCUT2D eigenvalue weighted by atomic mass is 10.0. The van der Waals surface area contributed by atoms with E-state index in [9.17, 15) is 4.79 Å². The third-order valence-electron chi connectivity index (χ3n) is 1.99. The van der Waals surface area contributed by atoms with Gasteiger partial charge in [0.05, 0.1) is 11.3 Å². The molecule has 0 atom stereocenters. The largest absolute Gasteiger partial charge is 0.325 e. The molecule has 0 bridgehead atoms. The molecular formula is C12H14ClN3O. The summed E-state index contributed by atoms with van der Waals surface area (Å²) in [5, 5.41) is 12.0. The molecule has 1 rings (SSSR count). The van der Waals surface area contributed by atoms with Crippen LogP contribution >= 0.6 is 11.6 Å². The van der Waals surface area contributed by atoms with E-state index in [1.54, 1.807) is 32.0 Å². The van der Waals surface area contributed by atoms with Crippen LogP contribution in [0.3, 0.4) is 0 Å². The first kappa shape index (κ1) is 13.5. The molecule has 1 amide bonds. The maximum atomic E-state index is 11.7. The summed E-state index contributed by atoms with van der Waals surface area (Å²) in [4.78, 5) is 11.7. The predicted molar refractivity (Wildman–Crippen MR) is 67.7 cm³/mol. The first-order chi connectivity index (χ1) is 7.81. The van der Waals surface area contributed by atoms with E-state index in [1.165, 1.54) is 0 Å². The number of nitrogens with zero attached hydrogens (tertiary/aromatic N) is 1. The first-order valence-corrected chi connectivity index (χ1v) is 5.48. The van der Waals surface area contributed by atoms with Crippen molar-refractivity contribution < 1.29 is 4.79 Å². The highest BCUT2D eigenvalue weighted by atomic mass is 35.5. The number of carbonyl (C=O) groups excluding carboxylic acids is 1. The molecule has 3 N–H and O–H groups in total. The zero-order valence-electron chi connectivity index (χ0n) is 9.75. The molecule has 0 aromatic heterocycles. The Balaban J connectivity index is 2.85. The quantitative estimate of drug-likeness (QED) is 0.865. The smallest absolute Gasteiger partial charge is 0.226 e. The van der Waals surface area contributed by atoms with Crippen molar-refractivity contribution in [3.05, 3.63) is 28.8 Å². The number of amides is 1. The van der Waals surface area contributed by atoms with Crippen molar-refractivity contribution in [2.45, 2.75) is 25.8 Å². The molecule has 0 unspecified atom stereocenters. The molecule has 5 heteroatoms. The molecule has 4 nitrogen and oxygen atoms in total. The Bertz CT molecular complexity index is 472. The molecule has 0 fully saturated rings. The van der Waals surface area contributed by atoms with E-state index >= 15 is 0 Å². The highest BCUT2D eigenvalue weighted by Gasteiger charge is 2.17. The van der Waals surface area contributed by atoms with Crippen LogP contribution in [0.4, 0.5) is 5.69 Å². The van der Waals surface area contributed by atoms with Gasteiger partial charge in [-0.25, -0.2) is 0 Å². The van der Waals surface area contributed by atoms with Crippen molar-refractivity contribution in [2.24, 2.45) is 5.73 Å². The number of halogens is 1. The lowest BCUT2D eigenvalue weighted by Gasteiger charge is -2.17. The molecule has 0 aliphatic heterocycles. The van der Waals surface area contributed by atoms with Gasteiger partial charge in [0.15, 0.2) is 0 Å². The number of nitriles is 1. The third kappa shape index (κ3) is 4.43. The van der Waals surface area contributed by atoms with E-state index in [0.29, 0.717) is 16.3 Å². The topological polar surface area (TPSA) is 78.9 Å². The Morgan fingerprint density at radius 1 is 1.59 bits per heavy atom. The maximum absolute atomic E-state index is 11.7. The van der Waals surface area contributed by atoms with Gasteiger partial charge in [0.1, 0.15) is 6.07 Å². The van der Waals surface area contributed by atoms with Crippen LogP contribution in [0.5, 0.6) is 0 Å². The molecule has 0 saturated carbocycles. The van der Waals surface area contributed by atoms with Gasteiger partial charge in [0, 0.05) is 17.0 Å². The zero-order valence-corrected chi connectivity index (χ0v) is 10.5. The Kier molecular flexibility index (Phi) is 4.11. The molecule has 0 radical (unpaired) electrons. The first-order valence-electron chi connectivity index (χ1n) is 5.10. The number of benzene rings is 1. The number of hydrogen-bond donors (Lipinski definition) is 2. The Morgan fingerprint density at radius 2 is 2.24 bits per heavy atom. The fraction of sp³-hybridized carbons (Fsp3) is 0.333. The minimum atomic E-state index is -0.588. The Labute approximate surface area is 105 Å². The summed E-state index contributed by atoms with van der Waals surface area (Å²) in [5.41, 5.74) is 5.93. The van der Waals surface area contributed by atoms with Gasteiger partial charge in [0.25, 0.3) is 0 Å². The van der Waals surface area contributed by atoms with Gasteiger partial charge in [-0.1, -0.05) is 11.6 Å². The highest BCUT2D eigenvalue weighted by Crippen LogP contribution is 2.21. The predicted octanol–water partition coefficient (Wildman–Crippen LogP) is 2.28. The molecule has 0 saturated heterocycles. The van der Waals surface area contributed by atoms with Crippen molar-refractivity contribution in [1.29, 1.82) is 5.26 Å². The molecule has 1 aromatic carbocycles. The molecule has 1 aromatic rings. The van der Waals surface area contributed by atoms with Crippen LogP contribution in [-0.4, -0.2) is 11.4 Å². The van der Waals surface area contributed by atoms with Gasteiger partial charge in [-0.05, 0) is 32.0 Å². The second-order valence-corrected chi connectivity index (χ2v) is 4.95. The summed E-state index contributed by atoms with van der Waals surface area (Å²) in [5.74, 6) is -0.240. The monoisotopic (exact) mass is 251 g/mol. The van der Waals surface area contributed by atoms with Gasteiger partial charge in [-0.3, -0.25) is 4.79 Å². The van der Waals surface area contributed by atoms with Crippen molar-refractivity contribution in [3.8, 4) is 6.07 Å². The summed E-state index contributed by atoms with van der Waals surface area (Å²) in [6.45, 7) is 3.52. The second kappa shape index (κ2) is 5.17. The zero-order chi connectivity index (χ0) is 13.1. The summed E-state index contributed by atoms with van der Waals surface area (Å²) < 4.78 is 0. The van der Waals surface area contributed by atoms with Crippen LogP contribution < -0.4 is 11.1 Å². The number of carbonyl (C=O) groups is 1. The SMILES string of the molecule is CC(C)(N)CC(=O)Nc1cc(Cl)ccc1C#N. The normalized spacial score (nSPS) is 10.8. The summed E-state index contributed by atoms with van der Waals surface area (Å²) in [7, 11) is 0. The van der Waals surface area contributed by atoms with E-state index in [2.05, 4.69) is 5.32 Å². The molecule has 0 aliphatic rings. The fourth-order valence-electron chi connectivity index (χ4n) is 1.33. The van der Waals surface area contributed by atoms with E-state index in [0.717, 1.165) is 0 Å². The van der Waals surface area contributed by atoms with Gasteiger partial charge in [0.2, 0.25) is 5.91 Å².